The number of rotatable bonds is 3. The van der Waals surface area contributed by atoms with Gasteiger partial charge < -0.3 is 5.73 Å². The average molecular weight is 364 g/mol. The van der Waals surface area contributed by atoms with E-state index in [0.29, 0.717) is 15.9 Å². The molecule has 0 spiro atoms. The molecular formula is C12H9BrCl2N2S. The summed E-state index contributed by atoms with van der Waals surface area (Å²) < 4.78 is 1.000. The topological polar surface area (TPSA) is 38.9 Å². The molecule has 6 heteroatoms. The second kappa shape index (κ2) is 6.15. The van der Waals surface area contributed by atoms with Crippen molar-refractivity contribution in [2.75, 3.05) is 5.73 Å². The van der Waals surface area contributed by atoms with E-state index in [-0.39, 0.29) is 0 Å². The number of pyridine rings is 1. The lowest BCUT2D eigenvalue weighted by molar-refractivity contribution is 1.25. The number of hydrogen-bond acceptors (Lipinski definition) is 3. The predicted molar refractivity (Wildman–Crippen MR) is 82.4 cm³/mol. The van der Waals surface area contributed by atoms with Gasteiger partial charge in [-0.1, -0.05) is 39.1 Å². The molecule has 0 aliphatic rings. The molecule has 2 nitrogen and oxygen atoms in total. The van der Waals surface area contributed by atoms with Gasteiger partial charge in [-0.25, -0.2) is 4.98 Å². The minimum atomic E-state index is 0.399. The number of aromatic nitrogens is 1. The molecule has 0 amide bonds. The van der Waals surface area contributed by atoms with Crippen molar-refractivity contribution < 1.29 is 0 Å². The molecule has 0 aliphatic heterocycles. The first kappa shape index (κ1) is 14.0. The van der Waals surface area contributed by atoms with Gasteiger partial charge in [0.05, 0.1) is 0 Å². The highest BCUT2D eigenvalue weighted by Gasteiger charge is 2.06. The Hall–Kier alpha value is -0.420. The van der Waals surface area contributed by atoms with Gasteiger partial charge in [0.2, 0.25) is 0 Å². The highest BCUT2D eigenvalue weighted by atomic mass is 79.9. The van der Waals surface area contributed by atoms with Crippen LogP contribution in [0.25, 0.3) is 0 Å². The van der Waals surface area contributed by atoms with Gasteiger partial charge in [0.1, 0.15) is 5.15 Å². The molecule has 2 aromatic rings. The van der Waals surface area contributed by atoms with E-state index < -0.39 is 0 Å². The standard InChI is InChI=1S/C12H9BrCl2N2S/c13-8-1-2-10(16)11(3-8)18-6-7-5-17-12(15)4-9(7)14/h1-5H,6,16H2. The Morgan fingerprint density at radius 3 is 2.78 bits per heavy atom. The maximum absolute atomic E-state index is 6.09. The number of anilines is 1. The quantitative estimate of drug-likeness (QED) is 0.472. The summed E-state index contributed by atoms with van der Waals surface area (Å²) in [5.74, 6) is 0.698. The van der Waals surface area contributed by atoms with E-state index in [2.05, 4.69) is 20.9 Å². The van der Waals surface area contributed by atoms with Gasteiger partial charge in [-0.15, -0.1) is 11.8 Å². The molecule has 94 valence electrons. The lowest BCUT2D eigenvalue weighted by Gasteiger charge is -2.07. The molecule has 18 heavy (non-hydrogen) atoms. The van der Waals surface area contributed by atoms with Crippen LogP contribution >= 0.6 is 50.9 Å². The van der Waals surface area contributed by atoms with E-state index in [4.69, 9.17) is 28.9 Å². The molecule has 2 N–H and O–H groups in total. The normalized spacial score (nSPS) is 10.6. The summed E-state index contributed by atoms with van der Waals surface area (Å²) in [6, 6.07) is 7.41. The van der Waals surface area contributed by atoms with Crippen molar-refractivity contribution >= 4 is 56.6 Å². The number of nitrogens with zero attached hydrogens (tertiary/aromatic N) is 1. The Balaban J connectivity index is 2.13. The molecule has 0 fully saturated rings. The van der Waals surface area contributed by atoms with E-state index in [1.54, 1.807) is 24.0 Å². The zero-order valence-corrected chi connectivity index (χ0v) is 13.1. The van der Waals surface area contributed by atoms with Gasteiger partial charge in [0.15, 0.2) is 0 Å². The Morgan fingerprint density at radius 2 is 2.06 bits per heavy atom. The van der Waals surface area contributed by atoms with Gasteiger partial charge in [-0.3, -0.25) is 0 Å². The Bertz CT molecular complexity index is 578. The zero-order chi connectivity index (χ0) is 13.1. The molecule has 1 aromatic heterocycles. The molecule has 0 atom stereocenters. The minimum absolute atomic E-state index is 0.399. The summed E-state index contributed by atoms with van der Waals surface area (Å²) in [5.41, 5.74) is 7.59. The highest BCUT2D eigenvalue weighted by molar-refractivity contribution is 9.10. The molecule has 0 radical (unpaired) electrons. The smallest absolute Gasteiger partial charge is 0.130 e. The van der Waals surface area contributed by atoms with Crippen LogP contribution in [0.1, 0.15) is 5.56 Å². The largest absolute Gasteiger partial charge is 0.398 e. The third-order valence-electron chi connectivity index (χ3n) is 2.26. The van der Waals surface area contributed by atoms with Crippen molar-refractivity contribution in [3.8, 4) is 0 Å². The average Bonchev–Trinajstić information content (AvgIpc) is 2.32. The molecule has 2 rings (SSSR count). The summed E-state index contributed by atoms with van der Waals surface area (Å²) in [4.78, 5) is 5.03. The van der Waals surface area contributed by atoms with E-state index >= 15 is 0 Å². The SMILES string of the molecule is Nc1ccc(Br)cc1SCc1cnc(Cl)cc1Cl. The van der Waals surface area contributed by atoms with Crippen molar-refractivity contribution in [1.82, 2.24) is 4.98 Å². The first-order chi connectivity index (χ1) is 8.56. The van der Waals surface area contributed by atoms with Crippen LogP contribution in [0.3, 0.4) is 0 Å². The van der Waals surface area contributed by atoms with Crippen molar-refractivity contribution in [3.63, 3.8) is 0 Å². The number of nitrogen functional groups attached to an aromatic ring is 1. The lowest BCUT2D eigenvalue weighted by atomic mass is 10.3. The second-order valence-corrected chi connectivity index (χ2v) is 6.30. The van der Waals surface area contributed by atoms with Crippen molar-refractivity contribution in [1.29, 1.82) is 0 Å². The molecule has 0 bridgehead atoms. The summed E-state index contributed by atoms with van der Waals surface area (Å²) in [6.45, 7) is 0. The monoisotopic (exact) mass is 362 g/mol. The number of nitrogens with two attached hydrogens (primary N) is 1. The minimum Gasteiger partial charge on any atom is -0.398 e. The highest BCUT2D eigenvalue weighted by Crippen LogP contribution is 2.32. The van der Waals surface area contributed by atoms with Crippen LogP contribution < -0.4 is 5.73 Å². The van der Waals surface area contributed by atoms with E-state index in [1.165, 1.54) is 0 Å². The molecule has 0 saturated heterocycles. The summed E-state index contributed by atoms with van der Waals surface area (Å²) in [5, 5.41) is 1.02. The molecule has 0 unspecified atom stereocenters. The maximum Gasteiger partial charge on any atom is 0.130 e. The van der Waals surface area contributed by atoms with Crippen LogP contribution in [0.4, 0.5) is 5.69 Å². The number of hydrogen-bond donors (Lipinski definition) is 1. The molecule has 0 saturated carbocycles. The Morgan fingerprint density at radius 1 is 1.28 bits per heavy atom. The van der Waals surface area contributed by atoms with Crippen molar-refractivity contribution in [2.24, 2.45) is 0 Å². The third kappa shape index (κ3) is 3.54. The van der Waals surface area contributed by atoms with Gasteiger partial charge in [0, 0.05) is 32.0 Å². The summed E-state index contributed by atoms with van der Waals surface area (Å²) >= 11 is 16.9. The maximum atomic E-state index is 6.09. The van der Waals surface area contributed by atoms with Crippen molar-refractivity contribution in [2.45, 2.75) is 10.6 Å². The Labute approximate surface area is 128 Å². The third-order valence-corrected chi connectivity index (χ3v) is 4.43. The molecular weight excluding hydrogens is 355 g/mol. The molecule has 1 heterocycles. The van der Waals surface area contributed by atoms with Crippen LogP contribution in [0.2, 0.25) is 10.2 Å². The second-order valence-electron chi connectivity index (χ2n) is 3.57. The van der Waals surface area contributed by atoms with Gasteiger partial charge in [-0.2, -0.15) is 0 Å². The number of halogens is 3. The van der Waals surface area contributed by atoms with Crippen LogP contribution in [0, 0.1) is 0 Å². The van der Waals surface area contributed by atoms with Crippen LogP contribution in [0.5, 0.6) is 0 Å². The fourth-order valence-electron chi connectivity index (χ4n) is 1.33. The summed E-state index contributed by atoms with van der Waals surface area (Å²) in [7, 11) is 0. The van der Waals surface area contributed by atoms with Crippen molar-refractivity contribution in [3.05, 3.63) is 50.7 Å². The lowest BCUT2D eigenvalue weighted by Crippen LogP contribution is -1.90. The predicted octanol–water partition coefficient (Wildman–Crippen LogP) is 5.03. The van der Waals surface area contributed by atoms with E-state index in [0.717, 1.165) is 20.6 Å². The zero-order valence-electron chi connectivity index (χ0n) is 9.16. The van der Waals surface area contributed by atoms with E-state index in [9.17, 15) is 0 Å². The molecule has 1 aromatic carbocycles. The van der Waals surface area contributed by atoms with Gasteiger partial charge in [-0.05, 0) is 29.8 Å². The van der Waals surface area contributed by atoms with Gasteiger partial charge >= 0.3 is 0 Å². The first-order valence-corrected chi connectivity index (χ1v) is 7.57. The van der Waals surface area contributed by atoms with E-state index in [1.807, 2.05) is 18.2 Å². The van der Waals surface area contributed by atoms with Gasteiger partial charge in [0.25, 0.3) is 0 Å². The number of thioether (sulfide) groups is 1. The molecule has 0 aliphatic carbocycles. The van der Waals surface area contributed by atoms with Crippen LogP contribution in [-0.2, 0) is 5.75 Å². The van der Waals surface area contributed by atoms with Crippen LogP contribution in [0.15, 0.2) is 39.8 Å². The summed E-state index contributed by atoms with van der Waals surface area (Å²) in [6.07, 6.45) is 1.69. The Kier molecular flexibility index (Phi) is 4.78. The first-order valence-electron chi connectivity index (χ1n) is 5.04. The number of benzene rings is 1. The fourth-order valence-corrected chi connectivity index (χ4v) is 3.34. The van der Waals surface area contributed by atoms with Crippen LogP contribution in [-0.4, -0.2) is 4.98 Å². The fraction of sp³-hybridized carbons (Fsp3) is 0.0833.